The number of amides is 2. The Hall–Kier alpha value is -2.28. The van der Waals surface area contributed by atoms with Gasteiger partial charge in [-0.2, -0.15) is 0 Å². The highest BCUT2D eigenvalue weighted by Gasteiger charge is 2.35. The van der Waals surface area contributed by atoms with Crippen LogP contribution in [0.3, 0.4) is 0 Å². The van der Waals surface area contributed by atoms with Crippen molar-refractivity contribution in [1.82, 2.24) is 4.90 Å². The third-order valence-corrected chi connectivity index (χ3v) is 5.03. The summed E-state index contributed by atoms with van der Waals surface area (Å²) in [6, 6.07) is 8.60. The van der Waals surface area contributed by atoms with Crippen LogP contribution in [-0.4, -0.2) is 35.7 Å². The van der Waals surface area contributed by atoms with E-state index in [1.165, 1.54) is 16.2 Å². The zero-order valence-electron chi connectivity index (χ0n) is 12.8. The fraction of sp³-hybridized carbons (Fsp3) is 0.294. The molecule has 0 atom stereocenters. The Morgan fingerprint density at radius 2 is 1.71 bits per heavy atom. The van der Waals surface area contributed by atoms with Crippen LogP contribution in [0, 0.1) is 0 Å². The normalized spacial score (nSPS) is 16.8. The van der Waals surface area contributed by atoms with Crippen molar-refractivity contribution in [3.63, 3.8) is 0 Å². The number of nitrogens with two attached hydrogens (primary N) is 1. The van der Waals surface area contributed by atoms with Gasteiger partial charge in [0.05, 0.1) is 4.88 Å². The lowest BCUT2D eigenvalue weighted by atomic mass is 10.0. The molecule has 2 aromatic rings. The molecule has 1 fully saturated rings. The van der Waals surface area contributed by atoms with E-state index >= 15 is 0 Å². The van der Waals surface area contributed by atoms with E-state index in [4.69, 9.17) is 5.73 Å². The minimum Gasteiger partial charge on any atom is -0.365 e. The van der Waals surface area contributed by atoms with Crippen LogP contribution in [0.4, 0.5) is 8.78 Å². The number of carbonyl (C=O) groups excluding carboxylic acids is 2. The molecule has 1 aromatic heterocycles. The first-order chi connectivity index (χ1) is 11.4. The third kappa shape index (κ3) is 3.46. The number of hydrogen-bond donors (Lipinski definition) is 1. The molecule has 3 rings (SSSR count). The molecule has 1 aromatic carbocycles. The second-order valence-electron chi connectivity index (χ2n) is 5.79. The number of piperidine rings is 1. The zero-order valence-corrected chi connectivity index (χ0v) is 13.6. The van der Waals surface area contributed by atoms with Crippen molar-refractivity contribution in [3.8, 4) is 11.1 Å². The van der Waals surface area contributed by atoms with Crippen molar-refractivity contribution in [2.75, 3.05) is 13.1 Å². The van der Waals surface area contributed by atoms with E-state index in [1.807, 2.05) is 5.38 Å². The number of nitrogens with zero attached hydrogens (tertiary/aromatic N) is 1. The first-order valence-electron chi connectivity index (χ1n) is 7.52. The summed E-state index contributed by atoms with van der Waals surface area (Å²) < 4.78 is 26.3. The standard InChI is InChI=1S/C17H16F2N2O2S/c18-17(19)5-7-21(8-6-17)16(23)12-3-1-11(2-4-12)13-9-14(15(20)22)24-10-13/h1-4,9-10H,5-8H2,(H2,20,22). The Balaban J connectivity index is 1.72. The van der Waals surface area contributed by atoms with Gasteiger partial charge in [-0.25, -0.2) is 8.78 Å². The number of hydrogen-bond acceptors (Lipinski definition) is 3. The molecule has 0 aliphatic carbocycles. The summed E-state index contributed by atoms with van der Waals surface area (Å²) in [6.45, 7) is 0.139. The van der Waals surface area contributed by atoms with Gasteiger partial charge in [0, 0.05) is 31.5 Å². The summed E-state index contributed by atoms with van der Waals surface area (Å²) in [6.07, 6.45) is -0.580. The van der Waals surface area contributed by atoms with Crippen LogP contribution in [0.2, 0.25) is 0 Å². The maximum atomic E-state index is 13.2. The number of thiophene rings is 1. The molecule has 2 amide bonds. The minimum atomic E-state index is -2.67. The van der Waals surface area contributed by atoms with Gasteiger partial charge in [-0.1, -0.05) is 12.1 Å². The highest BCUT2D eigenvalue weighted by Crippen LogP contribution is 2.29. The smallest absolute Gasteiger partial charge is 0.258 e. The molecular formula is C17H16F2N2O2S. The zero-order chi connectivity index (χ0) is 17.3. The van der Waals surface area contributed by atoms with Crippen molar-refractivity contribution in [2.24, 2.45) is 5.73 Å². The maximum absolute atomic E-state index is 13.2. The van der Waals surface area contributed by atoms with Crippen LogP contribution in [0.25, 0.3) is 11.1 Å². The molecule has 2 heterocycles. The van der Waals surface area contributed by atoms with Gasteiger partial charge in [0.25, 0.3) is 17.7 Å². The van der Waals surface area contributed by atoms with Crippen molar-refractivity contribution in [3.05, 3.63) is 46.2 Å². The highest BCUT2D eigenvalue weighted by molar-refractivity contribution is 7.12. The average molecular weight is 350 g/mol. The molecule has 7 heteroatoms. The Morgan fingerprint density at radius 3 is 2.25 bits per heavy atom. The van der Waals surface area contributed by atoms with E-state index < -0.39 is 11.8 Å². The van der Waals surface area contributed by atoms with Gasteiger partial charge in [0.15, 0.2) is 0 Å². The first kappa shape index (κ1) is 16.6. The molecule has 4 nitrogen and oxygen atoms in total. The van der Waals surface area contributed by atoms with Crippen molar-refractivity contribution >= 4 is 23.2 Å². The third-order valence-electron chi connectivity index (χ3n) is 4.09. The summed E-state index contributed by atoms with van der Waals surface area (Å²) in [5.41, 5.74) is 7.42. The number of alkyl halides is 2. The predicted octanol–water partition coefficient (Wildman–Crippen LogP) is 3.39. The fourth-order valence-electron chi connectivity index (χ4n) is 2.64. The topological polar surface area (TPSA) is 63.4 Å². The lowest BCUT2D eigenvalue weighted by Crippen LogP contribution is -2.42. The molecule has 0 radical (unpaired) electrons. The quantitative estimate of drug-likeness (QED) is 0.922. The van der Waals surface area contributed by atoms with Crippen molar-refractivity contribution in [1.29, 1.82) is 0 Å². The average Bonchev–Trinajstić information content (AvgIpc) is 3.05. The second-order valence-corrected chi connectivity index (χ2v) is 6.70. The van der Waals surface area contributed by atoms with Crippen LogP contribution in [-0.2, 0) is 0 Å². The minimum absolute atomic E-state index is 0.0695. The fourth-order valence-corrected chi connectivity index (χ4v) is 3.41. The van der Waals surface area contributed by atoms with Crippen LogP contribution in [0.5, 0.6) is 0 Å². The summed E-state index contributed by atoms with van der Waals surface area (Å²) >= 11 is 1.26. The van der Waals surface area contributed by atoms with Crippen molar-refractivity contribution < 1.29 is 18.4 Å². The van der Waals surface area contributed by atoms with E-state index in [1.54, 1.807) is 30.3 Å². The van der Waals surface area contributed by atoms with Gasteiger partial charge in [0.1, 0.15) is 0 Å². The van der Waals surface area contributed by atoms with Gasteiger partial charge in [-0.15, -0.1) is 11.3 Å². The Bertz CT molecular complexity index is 761. The molecule has 24 heavy (non-hydrogen) atoms. The van der Waals surface area contributed by atoms with Gasteiger partial charge in [-0.05, 0) is 34.7 Å². The number of carbonyl (C=O) groups is 2. The highest BCUT2D eigenvalue weighted by atomic mass is 32.1. The van der Waals surface area contributed by atoms with Crippen LogP contribution >= 0.6 is 11.3 Å². The molecule has 2 N–H and O–H groups in total. The van der Waals surface area contributed by atoms with Gasteiger partial charge in [-0.3, -0.25) is 9.59 Å². The van der Waals surface area contributed by atoms with E-state index in [0.29, 0.717) is 10.4 Å². The molecule has 126 valence electrons. The summed E-state index contributed by atoms with van der Waals surface area (Å²) in [5, 5.41) is 1.82. The van der Waals surface area contributed by atoms with E-state index in [2.05, 4.69) is 0 Å². The Morgan fingerprint density at radius 1 is 1.08 bits per heavy atom. The van der Waals surface area contributed by atoms with Crippen molar-refractivity contribution in [2.45, 2.75) is 18.8 Å². The Labute approximate surface area is 141 Å². The first-order valence-corrected chi connectivity index (χ1v) is 8.39. The maximum Gasteiger partial charge on any atom is 0.258 e. The molecule has 1 aliphatic rings. The predicted molar refractivity (Wildman–Crippen MR) is 88.4 cm³/mol. The van der Waals surface area contributed by atoms with Gasteiger partial charge < -0.3 is 10.6 Å². The molecule has 0 unspecified atom stereocenters. The number of rotatable bonds is 3. The number of benzene rings is 1. The van der Waals surface area contributed by atoms with Crippen LogP contribution < -0.4 is 5.73 Å². The van der Waals surface area contributed by atoms with E-state index in [9.17, 15) is 18.4 Å². The van der Waals surface area contributed by atoms with Crippen LogP contribution in [0.15, 0.2) is 35.7 Å². The second kappa shape index (κ2) is 6.32. The lowest BCUT2D eigenvalue weighted by Gasteiger charge is -2.31. The van der Waals surface area contributed by atoms with Gasteiger partial charge >= 0.3 is 0 Å². The number of primary amides is 1. The SMILES string of the molecule is NC(=O)c1cc(-c2ccc(C(=O)N3CCC(F)(F)CC3)cc2)cs1. The Kier molecular flexibility index (Phi) is 4.36. The molecule has 0 spiro atoms. The molecule has 0 bridgehead atoms. The molecule has 0 saturated carbocycles. The summed E-state index contributed by atoms with van der Waals surface area (Å²) in [7, 11) is 0. The lowest BCUT2D eigenvalue weighted by molar-refractivity contribution is -0.0494. The summed E-state index contributed by atoms with van der Waals surface area (Å²) in [5.74, 6) is -3.38. The van der Waals surface area contributed by atoms with E-state index in [-0.39, 0.29) is 31.8 Å². The monoisotopic (exact) mass is 350 g/mol. The molecule has 1 aliphatic heterocycles. The van der Waals surface area contributed by atoms with Crippen LogP contribution in [0.1, 0.15) is 32.9 Å². The number of likely N-dealkylation sites (tertiary alicyclic amines) is 1. The summed E-state index contributed by atoms with van der Waals surface area (Å²) in [4.78, 5) is 25.4. The van der Waals surface area contributed by atoms with E-state index in [0.717, 1.165) is 11.1 Å². The molecular weight excluding hydrogens is 334 g/mol. The largest absolute Gasteiger partial charge is 0.365 e. The number of halogens is 2. The van der Waals surface area contributed by atoms with Gasteiger partial charge in [0.2, 0.25) is 0 Å². The molecule has 1 saturated heterocycles.